The summed E-state index contributed by atoms with van der Waals surface area (Å²) >= 11 is 0. The molecule has 1 heterocycles. The van der Waals surface area contributed by atoms with Gasteiger partial charge in [-0.2, -0.15) is 0 Å². The van der Waals surface area contributed by atoms with Crippen LogP contribution in [0, 0.1) is 0 Å². The number of esters is 1. The van der Waals surface area contributed by atoms with Gasteiger partial charge in [0.25, 0.3) is 0 Å². The number of aliphatic hydroxyl groups is 4. The highest BCUT2D eigenvalue weighted by Crippen LogP contribution is 2.20. The Kier molecular flexibility index (Phi) is 9.47. The summed E-state index contributed by atoms with van der Waals surface area (Å²) in [5.41, 5.74) is 0.818. The van der Waals surface area contributed by atoms with Crippen molar-refractivity contribution in [2.75, 3.05) is 19.8 Å². The van der Waals surface area contributed by atoms with Gasteiger partial charge in [0, 0.05) is 6.54 Å². The summed E-state index contributed by atoms with van der Waals surface area (Å²) in [7, 11) is 0. The predicted octanol–water partition coefficient (Wildman–Crippen LogP) is -0.232. The highest BCUT2D eigenvalue weighted by molar-refractivity contribution is 5.82. The maximum atomic E-state index is 12.5. The number of nitrogens with zero attached hydrogens (tertiary/aromatic N) is 1. The molecule has 0 spiro atoms. The Morgan fingerprint density at radius 2 is 1.87 bits per heavy atom. The van der Waals surface area contributed by atoms with Crippen molar-refractivity contribution < 1.29 is 44.2 Å². The maximum absolute atomic E-state index is 12.5. The second-order valence-corrected chi connectivity index (χ2v) is 7.08. The summed E-state index contributed by atoms with van der Waals surface area (Å²) in [6.07, 6.45) is -5.23. The first-order valence-electron chi connectivity index (χ1n) is 9.78. The van der Waals surface area contributed by atoms with Crippen LogP contribution in [0.3, 0.4) is 0 Å². The molecule has 0 saturated carbocycles. The summed E-state index contributed by atoms with van der Waals surface area (Å²) < 4.78 is 15.5. The summed E-state index contributed by atoms with van der Waals surface area (Å²) in [6.45, 7) is 0.515. The van der Waals surface area contributed by atoms with Crippen LogP contribution in [0.2, 0.25) is 0 Å². The van der Waals surface area contributed by atoms with Crippen molar-refractivity contribution in [3.63, 3.8) is 0 Å². The molecule has 0 bridgehead atoms. The van der Waals surface area contributed by atoms with Crippen molar-refractivity contribution in [2.24, 2.45) is 0 Å². The van der Waals surface area contributed by atoms with Crippen LogP contribution in [0.25, 0.3) is 0 Å². The van der Waals surface area contributed by atoms with Gasteiger partial charge >= 0.3 is 12.1 Å². The Morgan fingerprint density at radius 3 is 2.50 bits per heavy atom. The summed E-state index contributed by atoms with van der Waals surface area (Å²) in [6, 6.07) is 8.29. The minimum Gasteiger partial charge on any atom is -0.461 e. The maximum Gasteiger partial charge on any atom is 0.410 e. The lowest BCUT2D eigenvalue weighted by molar-refractivity contribution is -0.218. The fourth-order valence-electron chi connectivity index (χ4n) is 2.94. The second-order valence-electron chi connectivity index (χ2n) is 7.08. The van der Waals surface area contributed by atoms with Gasteiger partial charge in [-0.05, 0) is 25.3 Å². The lowest BCUT2D eigenvalue weighted by Crippen LogP contribution is -2.45. The van der Waals surface area contributed by atoms with Gasteiger partial charge in [-0.15, -0.1) is 0 Å². The van der Waals surface area contributed by atoms with Gasteiger partial charge in [-0.1, -0.05) is 30.3 Å². The Morgan fingerprint density at radius 1 is 1.17 bits per heavy atom. The number of ether oxygens (including phenoxy) is 3. The number of hydrogen-bond acceptors (Lipinski definition) is 9. The van der Waals surface area contributed by atoms with Crippen LogP contribution >= 0.6 is 0 Å². The normalized spacial score (nSPS) is 20.3. The van der Waals surface area contributed by atoms with E-state index in [1.807, 2.05) is 30.3 Å². The number of carbonyl (C=O) groups excluding carboxylic acids is 2. The Bertz CT molecular complexity index is 670. The third kappa shape index (κ3) is 6.92. The van der Waals surface area contributed by atoms with E-state index in [1.165, 1.54) is 11.8 Å². The van der Waals surface area contributed by atoms with Gasteiger partial charge < -0.3 is 34.6 Å². The Hall–Kier alpha value is -2.24. The van der Waals surface area contributed by atoms with Crippen molar-refractivity contribution >= 4 is 12.1 Å². The van der Waals surface area contributed by atoms with E-state index in [0.29, 0.717) is 19.4 Å². The molecule has 30 heavy (non-hydrogen) atoms. The first kappa shape index (κ1) is 24.0. The first-order valence-corrected chi connectivity index (χ1v) is 9.78. The second kappa shape index (κ2) is 11.8. The van der Waals surface area contributed by atoms with Crippen molar-refractivity contribution in [3.8, 4) is 0 Å². The van der Waals surface area contributed by atoms with Crippen LogP contribution < -0.4 is 0 Å². The highest BCUT2D eigenvalue weighted by Gasteiger charge is 2.37. The largest absolute Gasteiger partial charge is 0.461 e. The van der Waals surface area contributed by atoms with Gasteiger partial charge in [0.2, 0.25) is 0 Å². The molecule has 2 rings (SSSR count). The van der Waals surface area contributed by atoms with E-state index in [-0.39, 0.29) is 6.61 Å². The average Bonchev–Trinajstić information content (AvgIpc) is 3.24. The fourth-order valence-corrected chi connectivity index (χ4v) is 2.94. The van der Waals surface area contributed by atoms with Gasteiger partial charge in [0.1, 0.15) is 37.6 Å². The van der Waals surface area contributed by atoms with Crippen molar-refractivity contribution in [1.29, 1.82) is 0 Å². The molecule has 10 nitrogen and oxygen atoms in total. The zero-order valence-corrected chi connectivity index (χ0v) is 16.8. The number of rotatable bonds is 10. The van der Waals surface area contributed by atoms with Crippen LogP contribution in [0.15, 0.2) is 30.3 Å². The number of hydrogen-bond donors (Lipinski definition) is 4. The van der Waals surface area contributed by atoms with E-state index in [1.54, 1.807) is 0 Å². The molecule has 4 unspecified atom stereocenters. The summed E-state index contributed by atoms with van der Waals surface area (Å²) in [5, 5.41) is 37.8. The number of benzene rings is 1. The molecule has 1 saturated heterocycles. The topological polar surface area (TPSA) is 146 Å². The fraction of sp³-hybridized carbons (Fsp3) is 0.600. The molecule has 4 N–H and O–H groups in total. The highest BCUT2D eigenvalue weighted by atomic mass is 16.6. The molecule has 0 radical (unpaired) electrons. The van der Waals surface area contributed by atoms with E-state index in [9.17, 15) is 24.9 Å². The van der Waals surface area contributed by atoms with Crippen LogP contribution in [0.4, 0.5) is 4.79 Å². The van der Waals surface area contributed by atoms with Gasteiger partial charge in [-0.3, -0.25) is 4.90 Å². The van der Waals surface area contributed by atoms with Crippen LogP contribution in [0.5, 0.6) is 0 Å². The molecular weight excluding hydrogens is 398 g/mol. The van der Waals surface area contributed by atoms with Crippen LogP contribution in [-0.2, 0) is 25.6 Å². The summed E-state index contributed by atoms with van der Waals surface area (Å²) in [5.74, 6) is -0.713. The van der Waals surface area contributed by atoms with E-state index < -0.39 is 55.9 Å². The minimum absolute atomic E-state index is 0.0772. The molecule has 1 aromatic carbocycles. The van der Waals surface area contributed by atoms with E-state index in [4.69, 9.17) is 19.3 Å². The molecule has 0 aliphatic carbocycles. The molecule has 168 valence electrons. The van der Waals surface area contributed by atoms with Gasteiger partial charge in [-0.25, -0.2) is 9.59 Å². The van der Waals surface area contributed by atoms with Crippen molar-refractivity contribution in [1.82, 2.24) is 4.90 Å². The van der Waals surface area contributed by atoms with Crippen LogP contribution in [0.1, 0.15) is 25.3 Å². The van der Waals surface area contributed by atoms with E-state index in [2.05, 4.69) is 0 Å². The number of carbonyl (C=O) groups is 2. The monoisotopic (exact) mass is 427 g/mol. The van der Waals surface area contributed by atoms with E-state index >= 15 is 0 Å². The lowest BCUT2D eigenvalue weighted by atomic mass is 10.2. The zero-order valence-electron chi connectivity index (χ0n) is 16.8. The SMILES string of the molecule is CC(O)C(O)OC(COC(=O)[C@@H]1CCCN1C(=O)OCc1ccccc1)C(O)CO. The zero-order chi connectivity index (χ0) is 22.1. The van der Waals surface area contributed by atoms with Crippen LogP contribution in [-0.4, -0.2) is 87.8 Å². The van der Waals surface area contributed by atoms with E-state index in [0.717, 1.165) is 5.56 Å². The smallest absolute Gasteiger partial charge is 0.410 e. The molecule has 1 aliphatic rings. The minimum atomic E-state index is -1.63. The molecule has 1 fully saturated rings. The quantitative estimate of drug-likeness (QED) is 0.294. The molecule has 0 aromatic heterocycles. The van der Waals surface area contributed by atoms with Crippen molar-refractivity contribution in [3.05, 3.63) is 35.9 Å². The number of likely N-dealkylation sites (tertiary alicyclic amines) is 1. The van der Waals surface area contributed by atoms with Gasteiger partial charge in [0.15, 0.2) is 6.29 Å². The molecule has 5 atom stereocenters. The van der Waals surface area contributed by atoms with Crippen molar-refractivity contribution in [2.45, 2.75) is 57.0 Å². The Labute approximate surface area is 174 Å². The standard InChI is InChI=1S/C20H29NO9/c1-13(23)18(25)30-17(16(24)10-22)12-28-19(26)15-8-5-9-21(15)20(27)29-11-14-6-3-2-4-7-14/h2-4,6-7,13,15-18,22-25H,5,8-12H2,1H3/t13?,15-,16?,17?,18?/m0/s1. The third-order valence-electron chi connectivity index (χ3n) is 4.70. The molecule has 1 aliphatic heterocycles. The van der Waals surface area contributed by atoms with Gasteiger partial charge in [0.05, 0.1) is 6.61 Å². The first-order chi connectivity index (χ1) is 14.3. The molecule has 1 aromatic rings. The third-order valence-corrected chi connectivity index (χ3v) is 4.70. The molecule has 1 amide bonds. The Balaban J connectivity index is 1.89. The number of amides is 1. The molecular formula is C20H29NO9. The lowest BCUT2D eigenvalue weighted by Gasteiger charge is -2.27. The summed E-state index contributed by atoms with van der Waals surface area (Å²) in [4.78, 5) is 26.2. The molecule has 10 heteroatoms. The predicted molar refractivity (Wildman–Crippen MR) is 103 cm³/mol. The number of aliphatic hydroxyl groups excluding tert-OH is 4. The average molecular weight is 427 g/mol.